The maximum absolute atomic E-state index is 9.32. The van der Waals surface area contributed by atoms with Crippen LogP contribution in [0.25, 0.3) is 0 Å². The fourth-order valence-electron chi connectivity index (χ4n) is 2.10. The van der Waals surface area contributed by atoms with Crippen molar-refractivity contribution in [1.29, 1.82) is 5.26 Å². The number of hydrogen-bond donors (Lipinski definition) is 0. The molecule has 2 rings (SSSR count). The fourth-order valence-corrected chi connectivity index (χ4v) is 2.31. The van der Waals surface area contributed by atoms with Gasteiger partial charge >= 0.3 is 0 Å². The molecule has 4 heteroatoms. The van der Waals surface area contributed by atoms with E-state index in [0.717, 1.165) is 16.8 Å². The highest BCUT2D eigenvalue weighted by molar-refractivity contribution is 6.30. The van der Waals surface area contributed by atoms with Crippen molar-refractivity contribution in [3.63, 3.8) is 0 Å². The van der Waals surface area contributed by atoms with Crippen molar-refractivity contribution in [1.82, 2.24) is 5.16 Å². The molecule has 0 amide bonds. The van der Waals surface area contributed by atoms with Crippen LogP contribution in [0.15, 0.2) is 28.8 Å². The van der Waals surface area contributed by atoms with Gasteiger partial charge in [-0.05, 0) is 38.0 Å². The molecule has 0 aliphatic heterocycles. The molecule has 1 aromatic heterocycles. The third kappa shape index (κ3) is 2.55. The zero-order chi connectivity index (χ0) is 13.1. The molecule has 1 aromatic carbocycles. The van der Waals surface area contributed by atoms with Gasteiger partial charge in [-0.15, -0.1) is 0 Å². The zero-order valence-electron chi connectivity index (χ0n) is 10.3. The average Bonchev–Trinajstić information content (AvgIpc) is 2.67. The molecule has 0 aliphatic carbocycles. The molecule has 0 saturated heterocycles. The normalized spacial score (nSPS) is 12.1. The van der Waals surface area contributed by atoms with Crippen molar-refractivity contribution >= 4 is 11.6 Å². The van der Waals surface area contributed by atoms with Gasteiger partial charge in [0.05, 0.1) is 17.7 Å². The molecular weight excluding hydrogens is 248 g/mol. The number of aromatic nitrogens is 1. The summed E-state index contributed by atoms with van der Waals surface area (Å²) in [7, 11) is 0. The summed E-state index contributed by atoms with van der Waals surface area (Å²) < 4.78 is 5.11. The van der Waals surface area contributed by atoms with Crippen molar-refractivity contribution in [3.05, 3.63) is 51.9 Å². The number of hydrogen-bond acceptors (Lipinski definition) is 3. The van der Waals surface area contributed by atoms with Crippen LogP contribution < -0.4 is 0 Å². The van der Waals surface area contributed by atoms with E-state index in [2.05, 4.69) is 11.2 Å². The largest absolute Gasteiger partial charge is 0.361 e. The van der Waals surface area contributed by atoms with Crippen LogP contribution in [-0.4, -0.2) is 5.16 Å². The molecule has 1 unspecified atom stereocenters. The smallest absolute Gasteiger partial charge is 0.138 e. The molecular formula is C14H13ClN2O. The SMILES string of the molecule is Cc1noc(C)c1C(C#N)Cc1cccc(Cl)c1. The number of halogens is 1. The number of rotatable bonds is 3. The third-order valence-electron chi connectivity index (χ3n) is 2.92. The molecule has 1 heterocycles. The van der Waals surface area contributed by atoms with E-state index in [1.165, 1.54) is 0 Å². The number of nitriles is 1. The Hall–Kier alpha value is -1.79. The number of aryl methyl sites for hydroxylation is 2. The van der Waals surface area contributed by atoms with Crippen molar-refractivity contribution in [2.75, 3.05) is 0 Å². The minimum atomic E-state index is -0.255. The Morgan fingerprint density at radius 2 is 2.22 bits per heavy atom. The molecule has 0 spiro atoms. The molecule has 0 saturated carbocycles. The second-order valence-electron chi connectivity index (χ2n) is 4.25. The van der Waals surface area contributed by atoms with Gasteiger partial charge in [-0.2, -0.15) is 5.26 Å². The second-order valence-corrected chi connectivity index (χ2v) is 4.69. The summed E-state index contributed by atoms with van der Waals surface area (Å²) in [5.74, 6) is 0.454. The molecule has 0 aliphatic rings. The maximum Gasteiger partial charge on any atom is 0.138 e. The predicted octanol–water partition coefficient (Wildman–Crippen LogP) is 3.79. The van der Waals surface area contributed by atoms with Crippen molar-refractivity contribution in [2.24, 2.45) is 0 Å². The average molecular weight is 261 g/mol. The quantitative estimate of drug-likeness (QED) is 0.843. The van der Waals surface area contributed by atoms with Crippen LogP contribution in [0.4, 0.5) is 0 Å². The highest BCUT2D eigenvalue weighted by Gasteiger charge is 2.20. The minimum absolute atomic E-state index is 0.255. The second kappa shape index (κ2) is 5.24. The van der Waals surface area contributed by atoms with Gasteiger partial charge < -0.3 is 4.52 Å². The summed E-state index contributed by atoms with van der Waals surface area (Å²) in [4.78, 5) is 0. The van der Waals surface area contributed by atoms with Crippen LogP contribution in [0.5, 0.6) is 0 Å². The van der Waals surface area contributed by atoms with Crippen LogP contribution in [0.3, 0.4) is 0 Å². The lowest BCUT2D eigenvalue weighted by molar-refractivity contribution is 0.392. The topological polar surface area (TPSA) is 49.8 Å². The molecule has 1 atom stereocenters. The van der Waals surface area contributed by atoms with E-state index >= 15 is 0 Å². The van der Waals surface area contributed by atoms with Crippen LogP contribution in [0.1, 0.15) is 28.5 Å². The zero-order valence-corrected chi connectivity index (χ0v) is 11.0. The highest BCUT2D eigenvalue weighted by Crippen LogP contribution is 2.27. The van der Waals surface area contributed by atoms with Gasteiger partial charge in [0, 0.05) is 10.6 Å². The van der Waals surface area contributed by atoms with E-state index < -0.39 is 0 Å². The van der Waals surface area contributed by atoms with Gasteiger partial charge in [0.25, 0.3) is 0 Å². The van der Waals surface area contributed by atoms with Crippen LogP contribution in [0, 0.1) is 25.2 Å². The van der Waals surface area contributed by atoms with Crippen molar-refractivity contribution in [2.45, 2.75) is 26.2 Å². The molecule has 3 nitrogen and oxygen atoms in total. The Kier molecular flexibility index (Phi) is 3.69. The van der Waals surface area contributed by atoms with Gasteiger partial charge in [-0.3, -0.25) is 0 Å². The Morgan fingerprint density at radius 1 is 1.44 bits per heavy atom. The summed E-state index contributed by atoms with van der Waals surface area (Å²) in [6, 6.07) is 9.87. The van der Waals surface area contributed by atoms with Gasteiger partial charge in [0.2, 0.25) is 0 Å². The summed E-state index contributed by atoms with van der Waals surface area (Å²) in [5.41, 5.74) is 2.70. The monoisotopic (exact) mass is 260 g/mol. The van der Waals surface area contributed by atoms with Gasteiger partial charge in [-0.25, -0.2) is 0 Å². The third-order valence-corrected chi connectivity index (χ3v) is 3.16. The Balaban J connectivity index is 2.29. The summed E-state index contributed by atoms with van der Waals surface area (Å²) in [6.45, 7) is 3.69. The van der Waals surface area contributed by atoms with E-state index in [1.54, 1.807) is 0 Å². The number of benzene rings is 1. The Bertz CT molecular complexity index is 579. The lowest BCUT2D eigenvalue weighted by Crippen LogP contribution is -2.02. The van der Waals surface area contributed by atoms with Gasteiger partial charge in [-0.1, -0.05) is 28.9 Å². The van der Waals surface area contributed by atoms with Gasteiger partial charge in [0.15, 0.2) is 0 Å². The summed E-state index contributed by atoms with van der Waals surface area (Å²) in [6.07, 6.45) is 0.611. The Labute approximate surface area is 111 Å². The van der Waals surface area contributed by atoms with E-state index in [1.807, 2.05) is 38.1 Å². The molecule has 0 N–H and O–H groups in total. The van der Waals surface area contributed by atoms with Crippen LogP contribution in [0.2, 0.25) is 5.02 Å². The van der Waals surface area contributed by atoms with Crippen molar-refractivity contribution in [3.8, 4) is 6.07 Å². The van der Waals surface area contributed by atoms with E-state index in [4.69, 9.17) is 16.1 Å². The predicted molar refractivity (Wildman–Crippen MR) is 69.5 cm³/mol. The maximum atomic E-state index is 9.32. The molecule has 2 aromatic rings. The molecule has 0 bridgehead atoms. The number of nitrogens with zero attached hydrogens (tertiary/aromatic N) is 2. The van der Waals surface area contributed by atoms with E-state index in [0.29, 0.717) is 17.2 Å². The van der Waals surface area contributed by atoms with Crippen LogP contribution >= 0.6 is 11.6 Å². The lowest BCUT2D eigenvalue weighted by atomic mass is 9.92. The summed E-state index contributed by atoms with van der Waals surface area (Å²) in [5, 5.41) is 13.9. The first-order chi connectivity index (χ1) is 8.61. The van der Waals surface area contributed by atoms with E-state index in [-0.39, 0.29) is 5.92 Å². The van der Waals surface area contributed by atoms with E-state index in [9.17, 15) is 5.26 Å². The molecule has 0 radical (unpaired) electrons. The minimum Gasteiger partial charge on any atom is -0.361 e. The summed E-state index contributed by atoms with van der Waals surface area (Å²) >= 11 is 5.95. The lowest BCUT2D eigenvalue weighted by Gasteiger charge is -2.09. The first-order valence-corrected chi connectivity index (χ1v) is 6.06. The Morgan fingerprint density at radius 3 is 2.78 bits per heavy atom. The molecule has 18 heavy (non-hydrogen) atoms. The standard InChI is InChI=1S/C14H13ClN2O/c1-9-14(10(2)18-17-9)12(8-16)6-11-4-3-5-13(15)7-11/h3-5,7,12H,6H2,1-2H3. The van der Waals surface area contributed by atoms with Gasteiger partial charge in [0.1, 0.15) is 5.76 Å². The molecule has 0 fully saturated rings. The first-order valence-electron chi connectivity index (χ1n) is 5.68. The fraction of sp³-hybridized carbons (Fsp3) is 0.286. The molecule has 92 valence electrons. The first kappa shape index (κ1) is 12.7. The highest BCUT2D eigenvalue weighted by atomic mass is 35.5. The van der Waals surface area contributed by atoms with Crippen LogP contribution in [-0.2, 0) is 6.42 Å². The van der Waals surface area contributed by atoms with Crippen molar-refractivity contribution < 1.29 is 4.52 Å².